The molecule has 0 saturated heterocycles. The number of alkyl halides is 3. The topological polar surface area (TPSA) is 70.7 Å². The number of nitrogens with zero attached hydrogens (tertiary/aromatic N) is 2. The van der Waals surface area contributed by atoms with Crippen LogP contribution < -0.4 is 10.9 Å². The summed E-state index contributed by atoms with van der Waals surface area (Å²) in [5.41, 5.74) is -0.516. The van der Waals surface area contributed by atoms with E-state index < -0.39 is 24.0 Å². The van der Waals surface area contributed by atoms with Crippen LogP contribution in [0.1, 0.15) is 64.5 Å². The van der Waals surface area contributed by atoms with Gasteiger partial charge < -0.3 is 10.3 Å². The van der Waals surface area contributed by atoms with Crippen molar-refractivity contribution in [3.05, 3.63) is 62.5 Å². The maximum absolute atomic E-state index is 14.0. The van der Waals surface area contributed by atoms with Gasteiger partial charge in [-0.15, -0.1) is 0 Å². The molecule has 1 aliphatic rings. The summed E-state index contributed by atoms with van der Waals surface area (Å²) in [6, 6.07) is 3.83. The lowest BCUT2D eigenvalue weighted by Gasteiger charge is -2.14. The molecular weight excluding hydrogens is 504 g/mol. The second-order valence-corrected chi connectivity index (χ2v) is 7.21. The van der Waals surface area contributed by atoms with E-state index in [9.17, 15) is 22.4 Å². The molecule has 3 aromatic rings. The van der Waals surface area contributed by atoms with Crippen LogP contribution in [0.15, 0.2) is 40.0 Å². The monoisotopic (exact) mass is 532 g/mol. The quantitative estimate of drug-likeness (QED) is 0.345. The number of hydrogen-bond acceptors (Lipinski definition) is 4. The average Bonchev–Trinajstić information content (AvgIpc) is 2.82. The molecule has 2 heterocycles. The van der Waals surface area contributed by atoms with Crippen molar-refractivity contribution in [2.24, 2.45) is 0 Å². The number of nitrogens with one attached hydrogen (secondary N) is 2. The lowest BCUT2D eigenvalue weighted by atomic mass is 9.98. The Kier molecular flexibility index (Phi) is 12.6. The van der Waals surface area contributed by atoms with E-state index in [1.165, 1.54) is 24.7 Å². The normalized spacial score (nSPS) is 12.4. The number of H-pyrrole nitrogens is 1. The molecular formula is C23H29BrF4N4O. The van der Waals surface area contributed by atoms with Gasteiger partial charge in [0, 0.05) is 18.3 Å². The Morgan fingerprint density at radius 1 is 1.18 bits per heavy atom. The number of fused-ring (bicyclic) bond motifs is 1. The van der Waals surface area contributed by atoms with Crippen molar-refractivity contribution < 1.29 is 17.6 Å². The van der Waals surface area contributed by atoms with Crippen molar-refractivity contribution in [2.75, 3.05) is 5.32 Å². The van der Waals surface area contributed by atoms with E-state index in [-0.39, 0.29) is 22.1 Å². The second-order valence-electron chi connectivity index (χ2n) is 6.42. The fourth-order valence-electron chi connectivity index (χ4n) is 2.60. The van der Waals surface area contributed by atoms with Gasteiger partial charge in [-0.05, 0) is 35.2 Å². The minimum Gasteiger partial charge on any atom is -0.365 e. The zero-order chi connectivity index (χ0) is 25.0. The van der Waals surface area contributed by atoms with Crippen molar-refractivity contribution in [3.8, 4) is 0 Å². The summed E-state index contributed by atoms with van der Waals surface area (Å²) >= 11 is 3.14. The molecule has 0 unspecified atom stereocenters. The molecule has 10 heteroatoms. The SMILES string of the molecule is CC.CC.FC1CCC1.O=c1[nH]cc2c(NCc3cccc(C(F)F)c3F)ncnc2c1Br. The van der Waals surface area contributed by atoms with Crippen molar-refractivity contribution in [2.45, 2.75) is 66.1 Å². The van der Waals surface area contributed by atoms with E-state index in [1.807, 2.05) is 27.7 Å². The number of hydrogen-bond donors (Lipinski definition) is 2. The molecule has 0 radical (unpaired) electrons. The Labute approximate surface area is 199 Å². The van der Waals surface area contributed by atoms with Crippen LogP contribution in [0.3, 0.4) is 0 Å². The molecule has 1 saturated carbocycles. The first kappa shape index (κ1) is 28.5. The zero-order valence-electron chi connectivity index (χ0n) is 19.1. The summed E-state index contributed by atoms with van der Waals surface area (Å²) in [5, 5.41) is 3.39. The van der Waals surface area contributed by atoms with Crippen molar-refractivity contribution in [1.82, 2.24) is 15.0 Å². The van der Waals surface area contributed by atoms with E-state index >= 15 is 0 Å². The third-order valence-electron chi connectivity index (χ3n) is 4.46. The van der Waals surface area contributed by atoms with E-state index in [2.05, 4.69) is 36.2 Å². The summed E-state index contributed by atoms with van der Waals surface area (Å²) < 4.78 is 51.3. The lowest BCUT2D eigenvalue weighted by Crippen LogP contribution is -2.10. The number of aromatic nitrogens is 3. The third-order valence-corrected chi connectivity index (χ3v) is 5.20. The Morgan fingerprint density at radius 2 is 1.82 bits per heavy atom. The lowest BCUT2D eigenvalue weighted by molar-refractivity contribution is 0.146. The van der Waals surface area contributed by atoms with Gasteiger partial charge in [-0.3, -0.25) is 4.79 Å². The molecule has 0 spiro atoms. The van der Waals surface area contributed by atoms with Gasteiger partial charge in [0.15, 0.2) is 0 Å². The fraction of sp³-hybridized carbons (Fsp3) is 0.435. The summed E-state index contributed by atoms with van der Waals surface area (Å²) in [6.45, 7) is 7.95. The van der Waals surface area contributed by atoms with Gasteiger partial charge in [-0.25, -0.2) is 27.5 Å². The second kappa shape index (κ2) is 14.6. The summed E-state index contributed by atoms with van der Waals surface area (Å²) in [7, 11) is 0. The van der Waals surface area contributed by atoms with E-state index in [0.717, 1.165) is 25.3 Å². The van der Waals surface area contributed by atoms with Crippen LogP contribution in [0.4, 0.5) is 23.4 Å². The molecule has 0 aliphatic heterocycles. The molecule has 2 N–H and O–H groups in total. The summed E-state index contributed by atoms with van der Waals surface area (Å²) in [6.07, 6.45) is 2.11. The first-order valence-electron chi connectivity index (χ1n) is 10.8. The smallest absolute Gasteiger partial charge is 0.266 e. The average molecular weight is 533 g/mol. The van der Waals surface area contributed by atoms with Crippen molar-refractivity contribution in [3.63, 3.8) is 0 Å². The van der Waals surface area contributed by atoms with Gasteiger partial charge in [0.1, 0.15) is 28.6 Å². The molecule has 1 aromatic carbocycles. The minimum absolute atomic E-state index is 0.0464. The Balaban J connectivity index is 0.000000517. The highest BCUT2D eigenvalue weighted by Crippen LogP contribution is 2.26. The molecule has 2 aromatic heterocycles. The van der Waals surface area contributed by atoms with Gasteiger partial charge in [0.25, 0.3) is 12.0 Å². The van der Waals surface area contributed by atoms with Crippen LogP contribution in [-0.2, 0) is 6.54 Å². The van der Waals surface area contributed by atoms with Crippen LogP contribution in [-0.4, -0.2) is 21.1 Å². The molecule has 4 rings (SSSR count). The highest BCUT2D eigenvalue weighted by Gasteiger charge is 2.16. The van der Waals surface area contributed by atoms with Crippen molar-refractivity contribution >= 4 is 32.7 Å². The van der Waals surface area contributed by atoms with Gasteiger partial charge in [-0.1, -0.05) is 45.9 Å². The standard InChI is InChI=1S/C15H10BrF3N4O.C4H7F.2C2H6/c16-10-12-9(5-21-15(10)24)14(23-6-22-12)20-4-7-2-1-3-8(11(7)17)13(18)19;5-4-2-1-3-4;2*1-2/h1-3,5-6,13H,4H2,(H,21,24)(H,20,22,23);4H,1-3H2;2*1-2H3. The molecule has 0 atom stereocenters. The van der Waals surface area contributed by atoms with Gasteiger partial charge in [0.2, 0.25) is 0 Å². The van der Waals surface area contributed by atoms with E-state index in [1.54, 1.807) is 0 Å². The molecule has 182 valence electrons. The molecule has 1 fully saturated rings. The number of pyridine rings is 1. The maximum atomic E-state index is 14.0. The van der Waals surface area contributed by atoms with Gasteiger partial charge >= 0.3 is 0 Å². The zero-order valence-corrected chi connectivity index (χ0v) is 20.6. The minimum atomic E-state index is -2.88. The van der Waals surface area contributed by atoms with Crippen LogP contribution in [0.5, 0.6) is 0 Å². The molecule has 33 heavy (non-hydrogen) atoms. The van der Waals surface area contributed by atoms with Gasteiger partial charge in [-0.2, -0.15) is 0 Å². The predicted molar refractivity (Wildman–Crippen MR) is 128 cm³/mol. The number of rotatable bonds is 4. The molecule has 0 amide bonds. The number of anilines is 1. The number of benzene rings is 1. The van der Waals surface area contributed by atoms with E-state index in [0.29, 0.717) is 16.7 Å². The van der Waals surface area contributed by atoms with Crippen LogP contribution in [0, 0.1) is 5.82 Å². The van der Waals surface area contributed by atoms with Gasteiger partial charge in [0.05, 0.1) is 16.5 Å². The van der Waals surface area contributed by atoms with Crippen molar-refractivity contribution in [1.29, 1.82) is 0 Å². The first-order valence-corrected chi connectivity index (χ1v) is 11.6. The molecule has 1 aliphatic carbocycles. The Morgan fingerprint density at radius 3 is 2.36 bits per heavy atom. The van der Waals surface area contributed by atoms with Crippen LogP contribution in [0.25, 0.3) is 10.9 Å². The Bertz CT molecular complexity index is 1060. The largest absolute Gasteiger partial charge is 0.365 e. The molecule has 5 nitrogen and oxygen atoms in total. The number of halogens is 5. The van der Waals surface area contributed by atoms with Crippen LogP contribution >= 0.6 is 15.9 Å². The first-order chi connectivity index (χ1) is 15.9. The number of aromatic amines is 1. The predicted octanol–water partition coefficient (Wildman–Crippen LogP) is 7.33. The summed E-state index contributed by atoms with van der Waals surface area (Å²) in [4.78, 5) is 22.2. The third kappa shape index (κ3) is 7.80. The highest BCUT2D eigenvalue weighted by atomic mass is 79.9. The summed E-state index contributed by atoms with van der Waals surface area (Å²) in [5.74, 6) is -0.605. The Hall–Kier alpha value is -2.49. The maximum Gasteiger partial charge on any atom is 0.266 e. The fourth-order valence-corrected chi connectivity index (χ4v) is 3.03. The molecule has 0 bridgehead atoms. The highest BCUT2D eigenvalue weighted by molar-refractivity contribution is 9.10. The van der Waals surface area contributed by atoms with Crippen LogP contribution in [0.2, 0.25) is 0 Å². The van der Waals surface area contributed by atoms with E-state index in [4.69, 9.17) is 0 Å².